The lowest BCUT2D eigenvalue weighted by atomic mass is 9.92. The molecule has 0 saturated heterocycles. The van der Waals surface area contributed by atoms with Gasteiger partial charge in [0.05, 0.1) is 18.1 Å². The molecule has 0 saturated carbocycles. The number of benzene rings is 1. The first kappa shape index (κ1) is 19.4. The number of rotatable bonds is 10. The van der Waals surface area contributed by atoms with Gasteiger partial charge in [0.15, 0.2) is 0 Å². The summed E-state index contributed by atoms with van der Waals surface area (Å²) in [6, 6.07) is 5.51. The second-order valence-electron chi connectivity index (χ2n) is 6.17. The SMILES string of the molecule is CCN(CC)CCOCCNS(=O)(=O)c1ccc2c(c1)CCCC2. The smallest absolute Gasteiger partial charge is 0.240 e. The number of ether oxygens (including phenoxy) is 1. The monoisotopic (exact) mass is 354 g/mol. The molecule has 1 aromatic rings. The van der Waals surface area contributed by atoms with Crippen molar-refractivity contribution in [1.82, 2.24) is 9.62 Å². The molecule has 0 unspecified atom stereocenters. The molecule has 1 aromatic carbocycles. The Morgan fingerprint density at radius 3 is 2.50 bits per heavy atom. The summed E-state index contributed by atoms with van der Waals surface area (Å²) in [6.45, 7) is 8.46. The minimum atomic E-state index is -3.45. The van der Waals surface area contributed by atoms with E-state index in [0.29, 0.717) is 24.7 Å². The third-order valence-electron chi connectivity index (χ3n) is 4.62. The van der Waals surface area contributed by atoms with Gasteiger partial charge in [0, 0.05) is 13.1 Å². The van der Waals surface area contributed by atoms with Gasteiger partial charge in [0.2, 0.25) is 10.0 Å². The highest BCUT2D eigenvalue weighted by atomic mass is 32.2. The zero-order valence-corrected chi connectivity index (χ0v) is 15.7. The van der Waals surface area contributed by atoms with Gasteiger partial charge in [-0.15, -0.1) is 0 Å². The van der Waals surface area contributed by atoms with Crippen molar-refractivity contribution in [2.24, 2.45) is 0 Å². The normalized spacial score (nSPS) is 14.8. The molecule has 0 bridgehead atoms. The highest BCUT2D eigenvalue weighted by molar-refractivity contribution is 7.89. The van der Waals surface area contributed by atoms with Crippen molar-refractivity contribution in [2.45, 2.75) is 44.4 Å². The highest BCUT2D eigenvalue weighted by Gasteiger charge is 2.17. The van der Waals surface area contributed by atoms with Crippen molar-refractivity contribution in [1.29, 1.82) is 0 Å². The molecule has 1 aliphatic carbocycles. The number of fused-ring (bicyclic) bond motifs is 1. The first-order valence-electron chi connectivity index (χ1n) is 8.98. The standard InChI is InChI=1S/C18H30N2O3S/c1-3-20(4-2)12-14-23-13-11-19-24(21,22)18-10-9-16-7-5-6-8-17(16)15-18/h9-10,15,19H,3-8,11-14H2,1-2H3. The third kappa shape index (κ3) is 5.55. The molecule has 6 heteroatoms. The molecule has 24 heavy (non-hydrogen) atoms. The maximum Gasteiger partial charge on any atom is 0.240 e. The maximum atomic E-state index is 12.4. The van der Waals surface area contributed by atoms with Crippen LogP contribution in [0.1, 0.15) is 37.8 Å². The minimum absolute atomic E-state index is 0.303. The number of aryl methyl sites for hydroxylation is 2. The number of likely N-dealkylation sites (N-methyl/N-ethyl adjacent to an activating group) is 1. The van der Waals surface area contributed by atoms with Crippen molar-refractivity contribution in [2.75, 3.05) is 39.4 Å². The summed E-state index contributed by atoms with van der Waals surface area (Å²) in [5.74, 6) is 0. The molecule has 0 spiro atoms. The van der Waals surface area contributed by atoms with Gasteiger partial charge in [-0.05, 0) is 62.0 Å². The molecular formula is C18H30N2O3S. The second-order valence-corrected chi connectivity index (χ2v) is 7.94. The summed E-state index contributed by atoms with van der Waals surface area (Å²) in [6.07, 6.45) is 4.38. The topological polar surface area (TPSA) is 58.6 Å². The van der Waals surface area contributed by atoms with E-state index in [9.17, 15) is 8.42 Å². The van der Waals surface area contributed by atoms with Crippen LogP contribution in [-0.2, 0) is 27.6 Å². The van der Waals surface area contributed by atoms with Crippen molar-refractivity contribution in [3.63, 3.8) is 0 Å². The first-order chi connectivity index (χ1) is 11.6. The number of nitrogens with zero attached hydrogens (tertiary/aromatic N) is 1. The van der Waals surface area contributed by atoms with Gasteiger partial charge in [-0.2, -0.15) is 0 Å². The van der Waals surface area contributed by atoms with Gasteiger partial charge in [-0.1, -0.05) is 19.9 Å². The Balaban J connectivity index is 1.77. The Bertz CT molecular complexity index is 613. The Morgan fingerprint density at radius 2 is 1.79 bits per heavy atom. The molecule has 136 valence electrons. The summed E-state index contributed by atoms with van der Waals surface area (Å²) in [5.41, 5.74) is 2.47. The fourth-order valence-electron chi connectivity index (χ4n) is 3.04. The summed E-state index contributed by atoms with van der Waals surface area (Å²) in [4.78, 5) is 2.64. The highest BCUT2D eigenvalue weighted by Crippen LogP contribution is 2.23. The van der Waals surface area contributed by atoms with Gasteiger partial charge < -0.3 is 9.64 Å². The van der Waals surface area contributed by atoms with Gasteiger partial charge in [0.25, 0.3) is 0 Å². The zero-order valence-electron chi connectivity index (χ0n) is 14.9. The van der Waals surface area contributed by atoms with E-state index in [4.69, 9.17) is 4.74 Å². The van der Waals surface area contributed by atoms with Crippen LogP contribution in [0.5, 0.6) is 0 Å². The van der Waals surface area contributed by atoms with E-state index in [1.165, 1.54) is 17.5 Å². The molecule has 0 amide bonds. The fraction of sp³-hybridized carbons (Fsp3) is 0.667. The summed E-state index contributed by atoms with van der Waals surface area (Å²) < 4.78 is 32.9. The van der Waals surface area contributed by atoms with E-state index >= 15 is 0 Å². The third-order valence-corrected chi connectivity index (χ3v) is 6.07. The number of hydrogen-bond donors (Lipinski definition) is 1. The zero-order chi connectivity index (χ0) is 17.4. The van der Waals surface area contributed by atoms with Crippen LogP contribution in [0, 0.1) is 0 Å². The Kier molecular flexibility index (Phi) is 7.68. The fourth-order valence-corrected chi connectivity index (χ4v) is 4.11. The van der Waals surface area contributed by atoms with Crippen LogP contribution < -0.4 is 4.72 Å². The van der Waals surface area contributed by atoms with Crippen molar-refractivity contribution in [3.8, 4) is 0 Å². The van der Waals surface area contributed by atoms with Crippen LogP contribution in [0.2, 0.25) is 0 Å². The van der Waals surface area contributed by atoms with Crippen LogP contribution in [0.15, 0.2) is 23.1 Å². The van der Waals surface area contributed by atoms with E-state index < -0.39 is 10.0 Å². The predicted molar refractivity (Wildman–Crippen MR) is 96.9 cm³/mol. The summed E-state index contributed by atoms with van der Waals surface area (Å²) in [7, 11) is -3.45. The summed E-state index contributed by atoms with van der Waals surface area (Å²) in [5, 5.41) is 0. The first-order valence-corrected chi connectivity index (χ1v) is 10.5. The lowest BCUT2D eigenvalue weighted by Gasteiger charge is -2.18. The van der Waals surface area contributed by atoms with E-state index in [0.717, 1.165) is 38.9 Å². The molecule has 1 aliphatic rings. The van der Waals surface area contributed by atoms with Crippen LogP contribution in [0.3, 0.4) is 0 Å². The van der Waals surface area contributed by atoms with Crippen LogP contribution in [0.25, 0.3) is 0 Å². The predicted octanol–water partition coefficient (Wildman–Crippen LogP) is 2.20. The second kappa shape index (κ2) is 9.51. The van der Waals surface area contributed by atoms with E-state index in [-0.39, 0.29) is 0 Å². The van der Waals surface area contributed by atoms with Gasteiger partial charge in [0.1, 0.15) is 0 Å². The molecule has 0 radical (unpaired) electrons. The van der Waals surface area contributed by atoms with Crippen molar-refractivity contribution < 1.29 is 13.2 Å². The van der Waals surface area contributed by atoms with Crippen molar-refractivity contribution in [3.05, 3.63) is 29.3 Å². The van der Waals surface area contributed by atoms with Crippen LogP contribution >= 0.6 is 0 Å². The molecule has 0 fully saturated rings. The minimum Gasteiger partial charge on any atom is -0.379 e. The summed E-state index contributed by atoms with van der Waals surface area (Å²) >= 11 is 0. The maximum absolute atomic E-state index is 12.4. The van der Waals surface area contributed by atoms with Gasteiger partial charge in [-0.3, -0.25) is 0 Å². The number of hydrogen-bond acceptors (Lipinski definition) is 4. The lowest BCUT2D eigenvalue weighted by Crippen LogP contribution is -2.30. The van der Waals surface area contributed by atoms with Gasteiger partial charge >= 0.3 is 0 Å². The molecular weight excluding hydrogens is 324 g/mol. The molecule has 2 rings (SSSR count). The number of nitrogens with one attached hydrogen (secondary N) is 1. The largest absolute Gasteiger partial charge is 0.379 e. The Hall–Kier alpha value is -0.950. The average molecular weight is 355 g/mol. The van der Waals surface area contributed by atoms with Crippen molar-refractivity contribution >= 4 is 10.0 Å². The molecule has 5 nitrogen and oxygen atoms in total. The molecule has 0 aliphatic heterocycles. The quantitative estimate of drug-likeness (QED) is 0.655. The Morgan fingerprint density at radius 1 is 1.08 bits per heavy atom. The van der Waals surface area contributed by atoms with Gasteiger partial charge in [-0.25, -0.2) is 13.1 Å². The lowest BCUT2D eigenvalue weighted by molar-refractivity contribution is 0.111. The van der Waals surface area contributed by atoms with E-state index in [1.807, 2.05) is 12.1 Å². The molecule has 0 heterocycles. The molecule has 0 atom stereocenters. The van der Waals surface area contributed by atoms with E-state index in [1.54, 1.807) is 6.07 Å². The van der Waals surface area contributed by atoms with Crippen LogP contribution in [0.4, 0.5) is 0 Å². The Labute approximate surface area is 146 Å². The number of sulfonamides is 1. The average Bonchev–Trinajstić information content (AvgIpc) is 2.60. The molecule has 1 N–H and O–H groups in total. The van der Waals surface area contributed by atoms with E-state index in [2.05, 4.69) is 23.5 Å². The van der Waals surface area contributed by atoms with Crippen LogP contribution in [-0.4, -0.2) is 52.7 Å². The molecule has 0 aromatic heterocycles.